The molecule has 0 saturated heterocycles. The molecule has 0 radical (unpaired) electrons. The summed E-state index contributed by atoms with van der Waals surface area (Å²) in [4.78, 5) is 12.3. The largest absolute Gasteiger partial charge is 0.508 e. The van der Waals surface area contributed by atoms with E-state index < -0.39 is 0 Å². The van der Waals surface area contributed by atoms with Crippen LogP contribution in [0.2, 0.25) is 0 Å². The molecule has 0 aliphatic rings. The third-order valence-electron chi connectivity index (χ3n) is 2.61. The minimum absolute atomic E-state index is 0.0959. The Labute approximate surface area is 110 Å². The molecule has 0 heterocycles. The highest BCUT2D eigenvalue weighted by Crippen LogP contribution is 2.19. The number of phenols is 1. The van der Waals surface area contributed by atoms with Gasteiger partial charge in [-0.05, 0) is 32.4 Å². The number of aromatic hydroxyl groups is 1. The SMILES string of the molecule is Cc1c(O)cccc1C(=O)NC(C)CC(C)Br. The Morgan fingerprint density at radius 3 is 2.71 bits per heavy atom. The fourth-order valence-corrected chi connectivity index (χ4v) is 2.28. The van der Waals surface area contributed by atoms with Crippen LogP contribution < -0.4 is 5.32 Å². The molecule has 0 aliphatic heterocycles. The first-order chi connectivity index (χ1) is 7.91. The third-order valence-corrected chi connectivity index (χ3v) is 2.98. The van der Waals surface area contributed by atoms with Gasteiger partial charge in [-0.3, -0.25) is 4.79 Å². The number of amides is 1. The normalized spacial score (nSPS) is 14.1. The zero-order chi connectivity index (χ0) is 13.0. The number of alkyl halides is 1. The van der Waals surface area contributed by atoms with Crippen LogP contribution in [0.15, 0.2) is 18.2 Å². The summed E-state index contributed by atoms with van der Waals surface area (Å²) in [6.45, 7) is 5.75. The molecule has 0 bridgehead atoms. The van der Waals surface area contributed by atoms with Gasteiger partial charge >= 0.3 is 0 Å². The van der Waals surface area contributed by atoms with Crippen molar-refractivity contribution in [3.63, 3.8) is 0 Å². The van der Waals surface area contributed by atoms with Crippen LogP contribution in [-0.2, 0) is 0 Å². The van der Waals surface area contributed by atoms with Crippen molar-refractivity contribution in [1.82, 2.24) is 5.32 Å². The molecule has 94 valence electrons. The molecule has 1 aromatic rings. The Bertz CT molecular complexity index is 404. The van der Waals surface area contributed by atoms with Crippen LogP contribution in [0, 0.1) is 6.92 Å². The lowest BCUT2D eigenvalue weighted by molar-refractivity contribution is 0.0937. The molecular weight excluding hydrogens is 282 g/mol. The highest BCUT2D eigenvalue weighted by Gasteiger charge is 2.14. The number of hydrogen-bond acceptors (Lipinski definition) is 2. The lowest BCUT2D eigenvalue weighted by Gasteiger charge is -2.16. The van der Waals surface area contributed by atoms with E-state index in [0.717, 1.165) is 6.42 Å². The maximum absolute atomic E-state index is 12.0. The molecule has 1 aromatic carbocycles. The van der Waals surface area contributed by atoms with Crippen LogP contribution in [0.25, 0.3) is 0 Å². The number of nitrogens with one attached hydrogen (secondary N) is 1. The standard InChI is InChI=1S/C13H18BrNO2/c1-8(14)7-9(2)15-13(17)11-5-4-6-12(16)10(11)3/h4-6,8-9,16H,7H2,1-3H3,(H,15,17). The molecule has 4 heteroatoms. The van der Waals surface area contributed by atoms with E-state index in [1.165, 1.54) is 0 Å². The molecule has 1 amide bonds. The van der Waals surface area contributed by atoms with Gasteiger partial charge in [-0.1, -0.05) is 28.9 Å². The molecule has 0 aromatic heterocycles. The first kappa shape index (κ1) is 14.0. The monoisotopic (exact) mass is 299 g/mol. The van der Waals surface area contributed by atoms with Gasteiger partial charge in [0.1, 0.15) is 5.75 Å². The summed E-state index contributed by atoms with van der Waals surface area (Å²) in [7, 11) is 0. The summed E-state index contributed by atoms with van der Waals surface area (Å²) < 4.78 is 0. The number of halogens is 1. The Balaban J connectivity index is 2.73. The van der Waals surface area contributed by atoms with Crippen LogP contribution in [0.1, 0.15) is 36.2 Å². The molecule has 3 nitrogen and oxygen atoms in total. The summed E-state index contributed by atoms with van der Waals surface area (Å²) >= 11 is 3.46. The molecule has 2 unspecified atom stereocenters. The maximum Gasteiger partial charge on any atom is 0.251 e. The molecule has 0 fully saturated rings. The summed E-state index contributed by atoms with van der Waals surface area (Å²) in [6.07, 6.45) is 0.865. The van der Waals surface area contributed by atoms with Crippen molar-refractivity contribution in [2.24, 2.45) is 0 Å². The number of carbonyl (C=O) groups excluding carboxylic acids is 1. The van der Waals surface area contributed by atoms with Gasteiger partial charge < -0.3 is 10.4 Å². The molecule has 2 atom stereocenters. The summed E-state index contributed by atoms with van der Waals surface area (Å²) in [5.41, 5.74) is 1.14. The fraction of sp³-hybridized carbons (Fsp3) is 0.462. The minimum Gasteiger partial charge on any atom is -0.508 e. The zero-order valence-corrected chi connectivity index (χ0v) is 11.9. The van der Waals surface area contributed by atoms with Gasteiger partial charge in [-0.25, -0.2) is 0 Å². The van der Waals surface area contributed by atoms with Crippen molar-refractivity contribution in [3.05, 3.63) is 29.3 Å². The van der Waals surface area contributed by atoms with Gasteiger partial charge in [0.2, 0.25) is 0 Å². The van der Waals surface area contributed by atoms with Gasteiger partial charge in [0, 0.05) is 22.0 Å². The van der Waals surface area contributed by atoms with E-state index in [1.807, 2.05) is 13.8 Å². The van der Waals surface area contributed by atoms with E-state index in [0.29, 0.717) is 16.0 Å². The molecular formula is C13H18BrNO2. The third kappa shape index (κ3) is 4.04. The average Bonchev–Trinajstić information content (AvgIpc) is 2.20. The number of carbonyl (C=O) groups is 1. The van der Waals surface area contributed by atoms with Gasteiger partial charge in [0.05, 0.1) is 0 Å². The minimum atomic E-state index is -0.140. The van der Waals surface area contributed by atoms with E-state index in [2.05, 4.69) is 21.2 Å². The van der Waals surface area contributed by atoms with Crippen molar-refractivity contribution in [2.45, 2.75) is 38.1 Å². The van der Waals surface area contributed by atoms with Crippen molar-refractivity contribution < 1.29 is 9.90 Å². The number of phenolic OH excluding ortho intramolecular Hbond substituents is 1. The van der Waals surface area contributed by atoms with Crippen LogP contribution in [0.3, 0.4) is 0 Å². The van der Waals surface area contributed by atoms with E-state index >= 15 is 0 Å². The quantitative estimate of drug-likeness (QED) is 0.840. The average molecular weight is 300 g/mol. The van der Waals surface area contributed by atoms with Crippen LogP contribution in [0.5, 0.6) is 5.75 Å². The van der Waals surface area contributed by atoms with E-state index in [1.54, 1.807) is 25.1 Å². The lowest BCUT2D eigenvalue weighted by Crippen LogP contribution is -2.34. The number of benzene rings is 1. The molecule has 17 heavy (non-hydrogen) atoms. The number of rotatable bonds is 4. The molecule has 0 saturated carbocycles. The Hall–Kier alpha value is -1.03. The Morgan fingerprint density at radius 2 is 2.12 bits per heavy atom. The second-order valence-corrected chi connectivity index (χ2v) is 5.90. The second kappa shape index (κ2) is 6.05. The van der Waals surface area contributed by atoms with Crippen LogP contribution in [-0.4, -0.2) is 21.9 Å². The molecule has 0 aliphatic carbocycles. The van der Waals surface area contributed by atoms with Gasteiger partial charge in [-0.2, -0.15) is 0 Å². The molecule has 1 rings (SSSR count). The second-order valence-electron chi connectivity index (χ2n) is 4.34. The predicted molar refractivity (Wildman–Crippen MR) is 72.8 cm³/mol. The van der Waals surface area contributed by atoms with Gasteiger partial charge in [0.15, 0.2) is 0 Å². The van der Waals surface area contributed by atoms with Crippen molar-refractivity contribution in [3.8, 4) is 5.75 Å². The molecule has 2 N–H and O–H groups in total. The van der Waals surface area contributed by atoms with Crippen molar-refractivity contribution in [2.75, 3.05) is 0 Å². The van der Waals surface area contributed by atoms with Crippen LogP contribution >= 0.6 is 15.9 Å². The van der Waals surface area contributed by atoms with Gasteiger partial charge in [0.25, 0.3) is 5.91 Å². The lowest BCUT2D eigenvalue weighted by atomic mass is 10.1. The van der Waals surface area contributed by atoms with Gasteiger partial charge in [-0.15, -0.1) is 0 Å². The molecule has 0 spiro atoms. The van der Waals surface area contributed by atoms with Crippen molar-refractivity contribution >= 4 is 21.8 Å². The number of hydrogen-bond donors (Lipinski definition) is 2. The fourth-order valence-electron chi connectivity index (χ4n) is 1.72. The Kier molecular flexibility index (Phi) is 5.00. The van der Waals surface area contributed by atoms with Crippen molar-refractivity contribution in [1.29, 1.82) is 0 Å². The predicted octanol–water partition coefficient (Wildman–Crippen LogP) is 2.99. The van der Waals surface area contributed by atoms with E-state index in [4.69, 9.17) is 0 Å². The topological polar surface area (TPSA) is 49.3 Å². The first-order valence-corrected chi connectivity index (χ1v) is 6.57. The smallest absolute Gasteiger partial charge is 0.251 e. The van der Waals surface area contributed by atoms with Crippen LogP contribution in [0.4, 0.5) is 0 Å². The summed E-state index contributed by atoms with van der Waals surface area (Å²) in [5, 5.41) is 12.5. The maximum atomic E-state index is 12.0. The first-order valence-electron chi connectivity index (χ1n) is 5.65. The highest BCUT2D eigenvalue weighted by molar-refractivity contribution is 9.09. The highest BCUT2D eigenvalue weighted by atomic mass is 79.9. The Morgan fingerprint density at radius 1 is 1.47 bits per heavy atom. The zero-order valence-electron chi connectivity index (χ0n) is 10.3. The summed E-state index contributed by atoms with van der Waals surface area (Å²) in [6, 6.07) is 5.07. The van der Waals surface area contributed by atoms with E-state index in [-0.39, 0.29) is 17.7 Å². The van der Waals surface area contributed by atoms with E-state index in [9.17, 15) is 9.90 Å². The summed E-state index contributed by atoms with van der Waals surface area (Å²) in [5.74, 6) is 0.0122.